The molecule has 33 heavy (non-hydrogen) atoms. The van der Waals surface area contributed by atoms with Crippen molar-refractivity contribution in [1.29, 1.82) is 0 Å². The minimum absolute atomic E-state index is 0.195. The maximum atomic E-state index is 12.9. The Bertz CT molecular complexity index is 528. The smallest absolute Gasteiger partial charge is 0.312 e. The Hall–Kier alpha value is -1.06. The van der Waals surface area contributed by atoms with Crippen molar-refractivity contribution in [2.45, 2.75) is 137 Å². The third-order valence-electron chi connectivity index (χ3n) is 7.29. The summed E-state index contributed by atoms with van der Waals surface area (Å²) in [5.41, 5.74) is -0.733. The quantitative estimate of drug-likeness (QED) is 0.151. The maximum absolute atomic E-state index is 12.9. The Morgan fingerprint density at radius 2 is 1.21 bits per heavy atom. The minimum atomic E-state index is -0.733. The topological polar surface area (TPSA) is 52.6 Å². The maximum Gasteiger partial charge on any atom is 0.312 e. The third-order valence-corrected chi connectivity index (χ3v) is 7.29. The van der Waals surface area contributed by atoms with Crippen molar-refractivity contribution in [2.24, 2.45) is 23.2 Å². The first-order valence-electron chi connectivity index (χ1n) is 14.1. The summed E-state index contributed by atoms with van der Waals surface area (Å²) in [5.74, 6) is 0.803. The highest BCUT2D eigenvalue weighted by Gasteiger charge is 2.48. The molecule has 2 unspecified atom stereocenters. The van der Waals surface area contributed by atoms with Gasteiger partial charge in [-0.25, -0.2) is 0 Å². The second-order valence-corrected chi connectivity index (χ2v) is 11.4. The minimum Gasteiger partial charge on any atom is -0.465 e. The monoisotopic (exact) mass is 466 g/mol. The van der Waals surface area contributed by atoms with E-state index in [0.29, 0.717) is 13.2 Å². The first kappa shape index (κ1) is 30.0. The Balaban J connectivity index is 2.28. The van der Waals surface area contributed by atoms with E-state index in [4.69, 9.17) is 9.47 Å². The van der Waals surface area contributed by atoms with Crippen molar-refractivity contribution in [1.82, 2.24) is 0 Å². The van der Waals surface area contributed by atoms with E-state index in [1.54, 1.807) is 0 Å². The van der Waals surface area contributed by atoms with Crippen LogP contribution in [0, 0.1) is 23.2 Å². The molecule has 0 spiro atoms. The van der Waals surface area contributed by atoms with Gasteiger partial charge in [-0.3, -0.25) is 9.59 Å². The predicted molar refractivity (Wildman–Crippen MR) is 137 cm³/mol. The molecule has 2 atom stereocenters. The number of hydrogen-bond donors (Lipinski definition) is 0. The van der Waals surface area contributed by atoms with Gasteiger partial charge in [0.05, 0.1) is 24.5 Å². The van der Waals surface area contributed by atoms with E-state index >= 15 is 0 Å². The van der Waals surface area contributed by atoms with Crippen molar-refractivity contribution >= 4 is 11.9 Å². The second-order valence-electron chi connectivity index (χ2n) is 11.4. The standard InChI is InChI=1S/C29H54O4/c1-24(2)18-12-8-6-10-16-22-32-27(30)26-20-14-15-21-29(26,5)28(31)33-23-17-11-7-9-13-19-25(3)4/h24-26H,6-23H2,1-5H3. The highest BCUT2D eigenvalue weighted by Crippen LogP contribution is 2.43. The molecule has 1 rings (SSSR count). The van der Waals surface area contributed by atoms with Crippen LogP contribution in [-0.4, -0.2) is 25.2 Å². The molecule has 0 aromatic heterocycles. The van der Waals surface area contributed by atoms with Crippen LogP contribution in [0.15, 0.2) is 0 Å². The summed E-state index contributed by atoms with van der Waals surface area (Å²) in [6.07, 6.45) is 17.5. The molecule has 1 aliphatic rings. The average Bonchev–Trinajstić information content (AvgIpc) is 2.76. The lowest BCUT2D eigenvalue weighted by Gasteiger charge is -2.37. The molecule has 0 aromatic rings. The van der Waals surface area contributed by atoms with Gasteiger partial charge in [-0.2, -0.15) is 0 Å². The number of rotatable bonds is 18. The van der Waals surface area contributed by atoms with E-state index in [1.165, 1.54) is 51.4 Å². The summed E-state index contributed by atoms with van der Waals surface area (Å²) in [7, 11) is 0. The summed E-state index contributed by atoms with van der Waals surface area (Å²) in [4.78, 5) is 25.8. The fraction of sp³-hybridized carbons (Fsp3) is 0.931. The molecule has 0 heterocycles. The van der Waals surface area contributed by atoms with Crippen LogP contribution in [0.2, 0.25) is 0 Å². The molecule has 0 bridgehead atoms. The van der Waals surface area contributed by atoms with Gasteiger partial charge >= 0.3 is 11.9 Å². The van der Waals surface area contributed by atoms with Crippen molar-refractivity contribution in [3.63, 3.8) is 0 Å². The SMILES string of the molecule is CC(C)CCCCCCCOC(=O)C1CCCCC1(C)C(=O)OCCCCCCCC(C)C. The normalized spacial score (nSPS) is 20.9. The number of carbonyl (C=O) groups is 2. The number of esters is 2. The molecule has 0 aromatic carbocycles. The molecule has 0 aliphatic heterocycles. The third kappa shape index (κ3) is 12.8. The van der Waals surface area contributed by atoms with E-state index in [0.717, 1.165) is 63.2 Å². The lowest BCUT2D eigenvalue weighted by atomic mass is 9.67. The van der Waals surface area contributed by atoms with E-state index in [2.05, 4.69) is 27.7 Å². The van der Waals surface area contributed by atoms with E-state index in [-0.39, 0.29) is 17.9 Å². The van der Waals surface area contributed by atoms with Crippen LogP contribution >= 0.6 is 0 Å². The summed E-state index contributed by atoms with van der Waals surface area (Å²) in [5, 5.41) is 0. The van der Waals surface area contributed by atoms with Gasteiger partial charge in [0.25, 0.3) is 0 Å². The molecular weight excluding hydrogens is 412 g/mol. The van der Waals surface area contributed by atoms with Gasteiger partial charge < -0.3 is 9.47 Å². The number of carbonyl (C=O) groups excluding carboxylic acids is 2. The molecule has 4 heteroatoms. The summed E-state index contributed by atoms with van der Waals surface area (Å²) < 4.78 is 11.3. The van der Waals surface area contributed by atoms with Crippen LogP contribution in [0.4, 0.5) is 0 Å². The number of ether oxygens (including phenoxy) is 2. The van der Waals surface area contributed by atoms with Gasteiger partial charge in [-0.05, 0) is 44.4 Å². The van der Waals surface area contributed by atoms with Crippen LogP contribution in [0.5, 0.6) is 0 Å². The van der Waals surface area contributed by atoms with Gasteiger partial charge in [0, 0.05) is 0 Å². The van der Waals surface area contributed by atoms with Crippen molar-refractivity contribution in [2.75, 3.05) is 13.2 Å². The summed E-state index contributed by atoms with van der Waals surface area (Å²) >= 11 is 0. The predicted octanol–water partition coefficient (Wildman–Crippen LogP) is 8.26. The molecular formula is C29H54O4. The van der Waals surface area contributed by atoms with Crippen molar-refractivity contribution in [3.05, 3.63) is 0 Å². The van der Waals surface area contributed by atoms with Gasteiger partial charge in [-0.15, -0.1) is 0 Å². The van der Waals surface area contributed by atoms with E-state index in [1.807, 2.05) is 6.92 Å². The zero-order valence-electron chi connectivity index (χ0n) is 22.6. The lowest BCUT2D eigenvalue weighted by molar-refractivity contribution is -0.172. The van der Waals surface area contributed by atoms with E-state index < -0.39 is 5.41 Å². The average molecular weight is 467 g/mol. The molecule has 4 nitrogen and oxygen atoms in total. The Kier molecular flexibility index (Phi) is 15.8. The van der Waals surface area contributed by atoms with Gasteiger partial charge in [0.1, 0.15) is 0 Å². The highest BCUT2D eigenvalue weighted by molar-refractivity contribution is 5.85. The first-order valence-corrected chi connectivity index (χ1v) is 14.1. The van der Waals surface area contributed by atoms with Crippen LogP contribution in [0.1, 0.15) is 137 Å². The largest absolute Gasteiger partial charge is 0.465 e. The lowest BCUT2D eigenvalue weighted by Crippen LogP contribution is -2.44. The van der Waals surface area contributed by atoms with Crippen LogP contribution in [0.3, 0.4) is 0 Å². The molecule has 0 N–H and O–H groups in total. The van der Waals surface area contributed by atoms with Crippen LogP contribution < -0.4 is 0 Å². The molecule has 1 fully saturated rings. The second kappa shape index (κ2) is 17.4. The van der Waals surface area contributed by atoms with E-state index in [9.17, 15) is 9.59 Å². The molecule has 0 amide bonds. The Labute approximate surface area is 205 Å². The summed E-state index contributed by atoms with van der Waals surface area (Å²) in [6, 6.07) is 0. The van der Waals surface area contributed by atoms with Gasteiger partial charge in [0.2, 0.25) is 0 Å². The Morgan fingerprint density at radius 1 is 0.727 bits per heavy atom. The summed E-state index contributed by atoms with van der Waals surface area (Å²) in [6.45, 7) is 11.9. The number of unbranched alkanes of at least 4 members (excludes halogenated alkanes) is 8. The van der Waals surface area contributed by atoms with Crippen molar-refractivity contribution < 1.29 is 19.1 Å². The van der Waals surface area contributed by atoms with Gasteiger partial charge in [-0.1, -0.05) is 105 Å². The van der Waals surface area contributed by atoms with Crippen LogP contribution in [-0.2, 0) is 19.1 Å². The zero-order valence-corrected chi connectivity index (χ0v) is 22.6. The molecule has 0 saturated heterocycles. The molecule has 0 radical (unpaired) electrons. The van der Waals surface area contributed by atoms with Crippen molar-refractivity contribution in [3.8, 4) is 0 Å². The first-order chi connectivity index (χ1) is 15.8. The molecule has 1 saturated carbocycles. The molecule has 194 valence electrons. The Morgan fingerprint density at radius 3 is 1.76 bits per heavy atom. The highest BCUT2D eigenvalue weighted by atomic mass is 16.5. The zero-order chi connectivity index (χ0) is 24.5. The van der Waals surface area contributed by atoms with Gasteiger partial charge in [0.15, 0.2) is 0 Å². The fourth-order valence-corrected chi connectivity index (χ4v) is 4.93. The van der Waals surface area contributed by atoms with Crippen LogP contribution in [0.25, 0.3) is 0 Å². The molecule has 1 aliphatic carbocycles. The number of hydrogen-bond acceptors (Lipinski definition) is 4. The fourth-order valence-electron chi connectivity index (χ4n) is 4.93.